The van der Waals surface area contributed by atoms with Crippen molar-refractivity contribution in [3.05, 3.63) is 28.8 Å². The van der Waals surface area contributed by atoms with Gasteiger partial charge in [-0.1, -0.05) is 12.1 Å². The summed E-state index contributed by atoms with van der Waals surface area (Å²) in [5, 5.41) is 0. The zero-order valence-corrected chi connectivity index (χ0v) is 10.7. The van der Waals surface area contributed by atoms with Crippen molar-refractivity contribution in [2.45, 2.75) is 20.4 Å². The Morgan fingerprint density at radius 1 is 1.19 bits per heavy atom. The van der Waals surface area contributed by atoms with Crippen molar-refractivity contribution < 1.29 is 4.74 Å². The van der Waals surface area contributed by atoms with Crippen molar-refractivity contribution in [1.82, 2.24) is 4.90 Å². The van der Waals surface area contributed by atoms with E-state index in [9.17, 15) is 0 Å². The van der Waals surface area contributed by atoms with E-state index in [0.717, 1.165) is 24.5 Å². The molecule has 2 N–H and O–H groups in total. The molecule has 1 aromatic rings. The molecule has 3 nitrogen and oxygen atoms in total. The summed E-state index contributed by atoms with van der Waals surface area (Å²) < 4.78 is 5.80. The van der Waals surface area contributed by atoms with Gasteiger partial charge in [0.2, 0.25) is 0 Å². The van der Waals surface area contributed by atoms with Gasteiger partial charge in [0.1, 0.15) is 12.4 Å². The number of aryl methyl sites for hydroxylation is 2. The van der Waals surface area contributed by atoms with Crippen LogP contribution in [0.1, 0.15) is 16.7 Å². The molecule has 0 atom stereocenters. The van der Waals surface area contributed by atoms with Crippen LogP contribution in [0.25, 0.3) is 0 Å². The van der Waals surface area contributed by atoms with Crippen LogP contribution in [-0.4, -0.2) is 32.1 Å². The van der Waals surface area contributed by atoms with Crippen molar-refractivity contribution >= 4 is 0 Å². The standard InChI is InChI=1S/C13H22N2O/c1-10-7-12(9-14)8-11(2)13(10)16-6-5-15(3)4/h7-8H,5-6,9,14H2,1-4H3. The van der Waals surface area contributed by atoms with Gasteiger partial charge in [-0.2, -0.15) is 0 Å². The molecule has 0 amide bonds. The second kappa shape index (κ2) is 5.87. The van der Waals surface area contributed by atoms with Crippen LogP contribution < -0.4 is 10.5 Å². The minimum absolute atomic E-state index is 0.583. The molecule has 0 saturated carbocycles. The molecule has 0 spiro atoms. The molecule has 0 radical (unpaired) electrons. The fraction of sp³-hybridized carbons (Fsp3) is 0.538. The van der Waals surface area contributed by atoms with Gasteiger partial charge in [0.15, 0.2) is 0 Å². The van der Waals surface area contributed by atoms with E-state index in [0.29, 0.717) is 6.54 Å². The minimum atomic E-state index is 0.583. The zero-order chi connectivity index (χ0) is 12.1. The van der Waals surface area contributed by atoms with Crippen LogP contribution in [0.4, 0.5) is 0 Å². The number of hydrogen-bond acceptors (Lipinski definition) is 3. The Balaban J connectivity index is 2.72. The molecule has 1 aromatic carbocycles. The van der Waals surface area contributed by atoms with Crippen LogP contribution in [0.15, 0.2) is 12.1 Å². The van der Waals surface area contributed by atoms with Gasteiger partial charge in [-0.05, 0) is 44.6 Å². The molecule has 0 saturated heterocycles. The number of ether oxygens (including phenoxy) is 1. The summed E-state index contributed by atoms with van der Waals surface area (Å²) in [4.78, 5) is 2.11. The van der Waals surface area contributed by atoms with Gasteiger partial charge in [-0.3, -0.25) is 0 Å². The van der Waals surface area contributed by atoms with Crippen molar-refractivity contribution in [3.63, 3.8) is 0 Å². The first kappa shape index (κ1) is 13.0. The van der Waals surface area contributed by atoms with Crippen LogP contribution in [-0.2, 0) is 6.54 Å². The predicted octanol–water partition coefficient (Wildman–Crippen LogP) is 1.70. The second-order valence-corrected chi connectivity index (χ2v) is 4.41. The molecule has 0 unspecified atom stereocenters. The van der Waals surface area contributed by atoms with Crippen LogP contribution >= 0.6 is 0 Å². The van der Waals surface area contributed by atoms with E-state index in [1.165, 1.54) is 11.1 Å². The Kier molecular flexibility index (Phi) is 4.77. The monoisotopic (exact) mass is 222 g/mol. The lowest BCUT2D eigenvalue weighted by molar-refractivity contribution is 0.259. The van der Waals surface area contributed by atoms with E-state index in [2.05, 4.69) is 30.9 Å². The van der Waals surface area contributed by atoms with E-state index < -0.39 is 0 Å². The number of rotatable bonds is 5. The van der Waals surface area contributed by atoms with E-state index in [1.54, 1.807) is 0 Å². The molecule has 0 fully saturated rings. The van der Waals surface area contributed by atoms with Crippen LogP contribution in [0.2, 0.25) is 0 Å². The Morgan fingerprint density at radius 3 is 2.19 bits per heavy atom. The zero-order valence-electron chi connectivity index (χ0n) is 10.7. The lowest BCUT2D eigenvalue weighted by atomic mass is 10.1. The lowest BCUT2D eigenvalue weighted by Gasteiger charge is -2.15. The summed E-state index contributed by atoms with van der Waals surface area (Å²) in [6.45, 7) is 6.36. The van der Waals surface area contributed by atoms with Gasteiger partial charge < -0.3 is 15.4 Å². The second-order valence-electron chi connectivity index (χ2n) is 4.41. The minimum Gasteiger partial charge on any atom is -0.492 e. The van der Waals surface area contributed by atoms with Crippen LogP contribution in [0.5, 0.6) is 5.75 Å². The molecule has 0 aliphatic rings. The van der Waals surface area contributed by atoms with Gasteiger partial charge >= 0.3 is 0 Å². The van der Waals surface area contributed by atoms with Crippen LogP contribution in [0, 0.1) is 13.8 Å². The summed E-state index contributed by atoms with van der Waals surface area (Å²) in [7, 11) is 4.08. The lowest BCUT2D eigenvalue weighted by Crippen LogP contribution is -2.20. The SMILES string of the molecule is Cc1cc(CN)cc(C)c1OCCN(C)C. The maximum absolute atomic E-state index is 5.80. The molecule has 0 aliphatic heterocycles. The first-order valence-corrected chi connectivity index (χ1v) is 5.62. The summed E-state index contributed by atoms with van der Waals surface area (Å²) in [5.41, 5.74) is 9.12. The number of benzene rings is 1. The summed E-state index contributed by atoms with van der Waals surface area (Å²) >= 11 is 0. The first-order valence-electron chi connectivity index (χ1n) is 5.62. The van der Waals surface area contributed by atoms with Crippen molar-refractivity contribution in [3.8, 4) is 5.75 Å². The third-order valence-corrected chi connectivity index (χ3v) is 2.54. The highest BCUT2D eigenvalue weighted by Gasteiger charge is 2.05. The van der Waals surface area contributed by atoms with Gasteiger partial charge in [-0.25, -0.2) is 0 Å². The molecule has 16 heavy (non-hydrogen) atoms. The molecule has 1 rings (SSSR count). The van der Waals surface area contributed by atoms with Gasteiger partial charge in [0.05, 0.1) is 0 Å². The topological polar surface area (TPSA) is 38.5 Å². The molecule has 0 aromatic heterocycles. The van der Waals surface area contributed by atoms with Crippen molar-refractivity contribution in [2.75, 3.05) is 27.2 Å². The Hall–Kier alpha value is -1.06. The van der Waals surface area contributed by atoms with Gasteiger partial charge in [-0.15, -0.1) is 0 Å². The van der Waals surface area contributed by atoms with Gasteiger partial charge in [0.25, 0.3) is 0 Å². The largest absolute Gasteiger partial charge is 0.492 e. The maximum atomic E-state index is 5.80. The Labute approximate surface area is 98.2 Å². The fourth-order valence-corrected chi connectivity index (χ4v) is 1.72. The Morgan fingerprint density at radius 2 is 1.75 bits per heavy atom. The van der Waals surface area contributed by atoms with E-state index in [4.69, 9.17) is 10.5 Å². The number of nitrogens with two attached hydrogens (primary N) is 1. The predicted molar refractivity (Wildman–Crippen MR) is 67.9 cm³/mol. The fourth-order valence-electron chi connectivity index (χ4n) is 1.72. The molecule has 90 valence electrons. The van der Waals surface area contributed by atoms with E-state index >= 15 is 0 Å². The highest BCUT2D eigenvalue weighted by atomic mass is 16.5. The highest BCUT2D eigenvalue weighted by Crippen LogP contribution is 2.24. The van der Waals surface area contributed by atoms with E-state index in [-0.39, 0.29) is 0 Å². The maximum Gasteiger partial charge on any atom is 0.125 e. The number of nitrogens with zero attached hydrogens (tertiary/aromatic N) is 1. The summed E-state index contributed by atoms with van der Waals surface area (Å²) in [6.07, 6.45) is 0. The van der Waals surface area contributed by atoms with Crippen molar-refractivity contribution in [1.29, 1.82) is 0 Å². The average molecular weight is 222 g/mol. The van der Waals surface area contributed by atoms with E-state index in [1.807, 2.05) is 14.1 Å². The molecule has 0 aliphatic carbocycles. The molecule has 3 heteroatoms. The molecule has 0 heterocycles. The smallest absolute Gasteiger partial charge is 0.125 e. The third-order valence-electron chi connectivity index (χ3n) is 2.54. The third kappa shape index (κ3) is 3.51. The quantitative estimate of drug-likeness (QED) is 0.824. The average Bonchev–Trinajstić information content (AvgIpc) is 2.21. The van der Waals surface area contributed by atoms with Crippen LogP contribution in [0.3, 0.4) is 0 Å². The highest BCUT2D eigenvalue weighted by molar-refractivity contribution is 5.43. The summed E-state index contributed by atoms with van der Waals surface area (Å²) in [6, 6.07) is 4.19. The summed E-state index contributed by atoms with van der Waals surface area (Å²) in [5.74, 6) is 0.999. The molecular formula is C13H22N2O. The normalized spacial score (nSPS) is 10.9. The molecule has 0 bridgehead atoms. The van der Waals surface area contributed by atoms with Gasteiger partial charge in [0, 0.05) is 13.1 Å². The Bertz CT molecular complexity index is 325. The molecular weight excluding hydrogens is 200 g/mol. The first-order chi connectivity index (χ1) is 7.54. The van der Waals surface area contributed by atoms with Crippen molar-refractivity contribution in [2.24, 2.45) is 5.73 Å². The number of likely N-dealkylation sites (N-methyl/N-ethyl adjacent to an activating group) is 1. The number of hydrogen-bond donors (Lipinski definition) is 1.